The summed E-state index contributed by atoms with van der Waals surface area (Å²) in [6.07, 6.45) is 5.79. The van der Waals surface area contributed by atoms with Crippen LogP contribution in [0.1, 0.15) is 69.1 Å². The van der Waals surface area contributed by atoms with Crippen molar-refractivity contribution in [1.29, 1.82) is 0 Å². The van der Waals surface area contributed by atoms with Crippen molar-refractivity contribution in [2.45, 2.75) is 84.5 Å². The normalized spacial score (nSPS) is 18.9. The van der Waals surface area contributed by atoms with Gasteiger partial charge in [-0.25, -0.2) is 9.48 Å². The van der Waals surface area contributed by atoms with Crippen LogP contribution < -0.4 is 10.9 Å². The van der Waals surface area contributed by atoms with Gasteiger partial charge in [-0.3, -0.25) is 19.3 Å². The first-order chi connectivity index (χ1) is 26.3. The number of nitrogens with one attached hydrogen (secondary N) is 2. The molecular weight excluding hydrogens is 697 g/mol. The van der Waals surface area contributed by atoms with Crippen molar-refractivity contribution in [2.75, 3.05) is 59.4 Å². The third-order valence-electron chi connectivity index (χ3n) is 11.7. The molecule has 5 heterocycles. The molecule has 7 rings (SSSR count). The summed E-state index contributed by atoms with van der Waals surface area (Å²) >= 11 is 0. The molecule has 0 aliphatic carbocycles. The number of para-hydroxylation sites is 1. The van der Waals surface area contributed by atoms with Gasteiger partial charge < -0.3 is 29.7 Å². The van der Waals surface area contributed by atoms with E-state index < -0.39 is 11.5 Å². The lowest BCUT2D eigenvalue weighted by molar-refractivity contribution is -0.157. The quantitative estimate of drug-likeness (QED) is 0.252. The SMILES string of the molecule is Cc1cc(C[C@@H](NC(=O)N2CCC(c3cc4ccccc4[nH]c3=O)CC2)C(=O)N2CCN(C3CCN(C)CC3)CC2)cc2cn(COC(=O)C(C)(C)C)nc12. The highest BCUT2D eigenvalue weighted by molar-refractivity contribution is 5.88. The van der Waals surface area contributed by atoms with E-state index in [1.807, 2.05) is 81.3 Å². The van der Waals surface area contributed by atoms with E-state index >= 15 is 0 Å². The first-order valence-corrected chi connectivity index (χ1v) is 19.8. The Kier molecular flexibility index (Phi) is 11.3. The smallest absolute Gasteiger partial charge is 0.318 e. The molecule has 2 aromatic carbocycles. The van der Waals surface area contributed by atoms with Gasteiger partial charge in [0.2, 0.25) is 5.91 Å². The monoisotopic (exact) mass is 752 g/mol. The predicted molar refractivity (Wildman–Crippen MR) is 213 cm³/mol. The van der Waals surface area contributed by atoms with Crippen LogP contribution in [0.4, 0.5) is 4.79 Å². The van der Waals surface area contributed by atoms with Crippen LogP contribution in [0.3, 0.4) is 0 Å². The number of aryl methyl sites for hydroxylation is 1. The maximum atomic E-state index is 14.4. The number of ether oxygens (including phenoxy) is 1. The Hall–Kier alpha value is -4.75. The highest BCUT2D eigenvalue weighted by atomic mass is 16.5. The Morgan fingerprint density at radius 1 is 0.909 bits per heavy atom. The van der Waals surface area contributed by atoms with E-state index in [1.54, 1.807) is 9.58 Å². The molecule has 3 fully saturated rings. The standard InChI is InChI=1S/C42H56N8O5/c1-28-22-29(23-32-26-50(45-37(28)32)27-55-40(53)42(2,3)4)24-36(39(52)48-20-18-47(19-21-48)33-12-14-46(5)15-13-33)44-41(54)49-16-10-30(11-17-49)34-25-31-8-6-7-9-35(31)43-38(34)51/h6-9,22-23,25-26,30,33,36H,10-21,24,27H2,1-5H3,(H,43,51)(H,44,54)/t36-/m1/s1. The molecule has 2 aromatic heterocycles. The van der Waals surface area contributed by atoms with Crippen LogP contribution >= 0.6 is 0 Å². The van der Waals surface area contributed by atoms with Gasteiger partial charge in [-0.05, 0) is 114 Å². The molecule has 3 aliphatic heterocycles. The number of H-pyrrole nitrogens is 1. The average Bonchev–Trinajstić information content (AvgIpc) is 3.60. The summed E-state index contributed by atoms with van der Waals surface area (Å²) in [5.41, 5.74) is 3.52. The van der Waals surface area contributed by atoms with E-state index in [2.05, 4.69) is 32.2 Å². The molecule has 0 spiro atoms. The molecule has 13 heteroatoms. The van der Waals surface area contributed by atoms with Crippen LogP contribution in [0.2, 0.25) is 0 Å². The Labute approximate surface area is 322 Å². The van der Waals surface area contributed by atoms with Crippen LogP contribution in [0.25, 0.3) is 21.8 Å². The minimum Gasteiger partial charge on any atom is -0.442 e. The largest absolute Gasteiger partial charge is 0.442 e. The Morgan fingerprint density at radius 2 is 1.62 bits per heavy atom. The summed E-state index contributed by atoms with van der Waals surface area (Å²) in [7, 11) is 2.17. The first-order valence-electron chi connectivity index (χ1n) is 19.8. The van der Waals surface area contributed by atoms with E-state index in [-0.39, 0.29) is 36.1 Å². The average molecular weight is 753 g/mol. The number of pyridine rings is 1. The van der Waals surface area contributed by atoms with Crippen molar-refractivity contribution in [1.82, 2.24) is 39.7 Å². The zero-order valence-electron chi connectivity index (χ0n) is 33.0. The molecule has 294 valence electrons. The second-order valence-corrected chi connectivity index (χ2v) is 16.8. The van der Waals surface area contributed by atoms with E-state index in [9.17, 15) is 19.2 Å². The molecule has 55 heavy (non-hydrogen) atoms. The predicted octanol–water partition coefficient (Wildman–Crippen LogP) is 4.47. The number of rotatable bonds is 8. The number of nitrogens with zero attached hydrogens (tertiary/aromatic N) is 6. The minimum absolute atomic E-state index is 0.00615. The number of likely N-dealkylation sites (tertiary alicyclic amines) is 2. The molecule has 0 radical (unpaired) electrons. The molecule has 0 unspecified atom stereocenters. The van der Waals surface area contributed by atoms with Crippen LogP contribution in [0.5, 0.6) is 0 Å². The Bertz CT molecular complexity index is 2080. The van der Waals surface area contributed by atoms with Crippen molar-refractivity contribution < 1.29 is 19.1 Å². The van der Waals surface area contributed by atoms with E-state index in [0.717, 1.165) is 77.5 Å². The van der Waals surface area contributed by atoms with Gasteiger partial charge in [0, 0.05) is 74.4 Å². The number of hydrogen-bond donors (Lipinski definition) is 2. The van der Waals surface area contributed by atoms with Gasteiger partial charge in [0.25, 0.3) is 5.56 Å². The number of aromatic amines is 1. The van der Waals surface area contributed by atoms with Crippen molar-refractivity contribution >= 4 is 39.7 Å². The van der Waals surface area contributed by atoms with Gasteiger partial charge in [0.05, 0.1) is 10.9 Å². The molecule has 1 atom stereocenters. The number of esters is 1. The summed E-state index contributed by atoms with van der Waals surface area (Å²) in [6.45, 7) is 13.5. The zero-order chi connectivity index (χ0) is 38.9. The number of amides is 3. The fraction of sp³-hybridized carbons (Fsp3) is 0.548. The topological polar surface area (TPSA) is 136 Å². The van der Waals surface area contributed by atoms with E-state index in [0.29, 0.717) is 51.5 Å². The number of benzene rings is 2. The zero-order valence-corrected chi connectivity index (χ0v) is 33.0. The number of hydrogen-bond acceptors (Lipinski definition) is 8. The Morgan fingerprint density at radius 3 is 2.33 bits per heavy atom. The lowest BCUT2D eigenvalue weighted by Crippen LogP contribution is -2.59. The van der Waals surface area contributed by atoms with Crippen LogP contribution in [0, 0.1) is 12.3 Å². The van der Waals surface area contributed by atoms with Gasteiger partial charge in [0.1, 0.15) is 6.04 Å². The number of aromatic nitrogens is 3. The second kappa shape index (κ2) is 16.2. The molecule has 13 nitrogen and oxygen atoms in total. The highest BCUT2D eigenvalue weighted by Gasteiger charge is 2.34. The highest BCUT2D eigenvalue weighted by Crippen LogP contribution is 2.28. The minimum atomic E-state index is -0.761. The first kappa shape index (κ1) is 38.5. The third-order valence-corrected chi connectivity index (χ3v) is 11.7. The number of piperazine rings is 1. The molecule has 2 N–H and O–H groups in total. The van der Waals surface area contributed by atoms with Gasteiger partial charge >= 0.3 is 12.0 Å². The maximum Gasteiger partial charge on any atom is 0.318 e. The van der Waals surface area contributed by atoms with Crippen LogP contribution in [0.15, 0.2) is 53.5 Å². The Balaban J connectivity index is 1.05. The number of urea groups is 1. The molecule has 3 saturated heterocycles. The maximum absolute atomic E-state index is 14.4. The third kappa shape index (κ3) is 8.88. The second-order valence-electron chi connectivity index (χ2n) is 16.8. The van der Waals surface area contributed by atoms with Crippen LogP contribution in [-0.2, 0) is 27.5 Å². The number of carbonyl (C=O) groups excluding carboxylic acids is 3. The van der Waals surface area contributed by atoms with Crippen molar-refractivity contribution in [3.63, 3.8) is 0 Å². The lowest BCUT2D eigenvalue weighted by atomic mass is 9.89. The van der Waals surface area contributed by atoms with Crippen molar-refractivity contribution in [3.8, 4) is 0 Å². The lowest BCUT2D eigenvalue weighted by Gasteiger charge is -2.43. The number of fused-ring (bicyclic) bond motifs is 2. The molecular formula is C42H56N8O5. The molecule has 3 aliphatic rings. The van der Waals surface area contributed by atoms with Crippen LogP contribution in [-0.4, -0.2) is 124 Å². The molecule has 0 bridgehead atoms. The van der Waals surface area contributed by atoms with Gasteiger partial charge in [-0.15, -0.1) is 0 Å². The fourth-order valence-corrected chi connectivity index (χ4v) is 8.39. The van der Waals surface area contributed by atoms with Crippen molar-refractivity contribution in [2.24, 2.45) is 5.41 Å². The summed E-state index contributed by atoms with van der Waals surface area (Å²) in [6, 6.07) is 13.3. The number of carbonyl (C=O) groups is 3. The molecule has 0 saturated carbocycles. The summed E-state index contributed by atoms with van der Waals surface area (Å²) in [5.74, 6) is -0.333. The summed E-state index contributed by atoms with van der Waals surface area (Å²) < 4.78 is 7.12. The summed E-state index contributed by atoms with van der Waals surface area (Å²) in [4.78, 5) is 65.3. The molecule has 4 aromatic rings. The summed E-state index contributed by atoms with van der Waals surface area (Å²) in [5, 5.41) is 9.68. The van der Waals surface area contributed by atoms with E-state index in [1.165, 1.54) is 0 Å². The van der Waals surface area contributed by atoms with Gasteiger partial charge in [-0.1, -0.05) is 24.3 Å². The van der Waals surface area contributed by atoms with Gasteiger partial charge in [-0.2, -0.15) is 5.10 Å². The van der Waals surface area contributed by atoms with Crippen molar-refractivity contribution in [3.05, 3.63) is 75.7 Å². The molecule has 3 amide bonds. The van der Waals surface area contributed by atoms with E-state index in [4.69, 9.17) is 4.74 Å². The van der Waals surface area contributed by atoms with Gasteiger partial charge in [0.15, 0.2) is 6.73 Å². The number of piperidine rings is 2. The fourth-order valence-electron chi connectivity index (χ4n) is 8.39.